The van der Waals surface area contributed by atoms with Crippen molar-refractivity contribution in [3.63, 3.8) is 0 Å². The topological polar surface area (TPSA) is 35.5 Å². The number of hydrogen-bond donors (Lipinski definition) is 0. The van der Waals surface area contributed by atoms with Gasteiger partial charge >= 0.3 is 6.16 Å². The summed E-state index contributed by atoms with van der Waals surface area (Å²) in [5.41, 5.74) is 2.57. The van der Waals surface area contributed by atoms with Gasteiger partial charge in [-0.15, -0.1) is 0 Å². The molecule has 128 valence electrons. The molecular formula is C21H26O3. The van der Waals surface area contributed by atoms with E-state index >= 15 is 0 Å². The molecule has 2 aromatic carbocycles. The molecule has 0 amide bonds. The van der Waals surface area contributed by atoms with Crippen LogP contribution >= 0.6 is 0 Å². The Hall–Kier alpha value is -2.29. The predicted octanol–water partition coefficient (Wildman–Crippen LogP) is 5.63. The summed E-state index contributed by atoms with van der Waals surface area (Å²) in [6.07, 6.45) is -0.670. The maximum absolute atomic E-state index is 12.4. The maximum atomic E-state index is 12.4. The number of ether oxygens (including phenoxy) is 2. The number of benzene rings is 2. The van der Waals surface area contributed by atoms with E-state index in [0.29, 0.717) is 0 Å². The van der Waals surface area contributed by atoms with Gasteiger partial charge in [-0.1, -0.05) is 48.5 Å². The lowest BCUT2D eigenvalue weighted by molar-refractivity contribution is -0.0637. The molecule has 0 aliphatic rings. The third-order valence-electron chi connectivity index (χ3n) is 4.26. The molecule has 24 heavy (non-hydrogen) atoms. The van der Waals surface area contributed by atoms with Gasteiger partial charge < -0.3 is 9.47 Å². The minimum atomic E-state index is -0.760. The van der Waals surface area contributed by atoms with Gasteiger partial charge in [-0.3, -0.25) is 0 Å². The highest BCUT2D eigenvalue weighted by molar-refractivity contribution is 5.62. The van der Waals surface area contributed by atoms with E-state index in [-0.39, 0.29) is 0 Å². The molecule has 0 saturated carbocycles. The van der Waals surface area contributed by atoms with Gasteiger partial charge in [0.15, 0.2) is 0 Å². The molecular weight excluding hydrogens is 300 g/mol. The highest BCUT2D eigenvalue weighted by Crippen LogP contribution is 2.31. The standard InChI is InChI=1S/C21H26O3/c1-15-11-7-9-13-17(15)20(3,4)23-19(22)24-21(5,6)18-14-10-8-12-16(18)2/h7-14H,1-6H3. The van der Waals surface area contributed by atoms with Crippen LogP contribution in [0.15, 0.2) is 48.5 Å². The summed E-state index contributed by atoms with van der Waals surface area (Å²) < 4.78 is 11.3. The van der Waals surface area contributed by atoms with Crippen LogP contribution in [-0.4, -0.2) is 6.16 Å². The minimum absolute atomic E-state index is 0.670. The molecule has 0 saturated heterocycles. The van der Waals surface area contributed by atoms with Crippen molar-refractivity contribution in [2.45, 2.75) is 52.7 Å². The molecule has 0 radical (unpaired) electrons. The van der Waals surface area contributed by atoms with Crippen LogP contribution < -0.4 is 0 Å². The van der Waals surface area contributed by atoms with E-state index in [1.54, 1.807) is 0 Å². The van der Waals surface area contributed by atoms with Gasteiger partial charge in [0.05, 0.1) is 0 Å². The van der Waals surface area contributed by atoms with E-state index in [9.17, 15) is 4.79 Å². The van der Waals surface area contributed by atoms with Crippen molar-refractivity contribution in [3.8, 4) is 0 Å². The largest absolute Gasteiger partial charge is 0.510 e. The predicted molar refractivity (Wildman–Crippen MR) is 96.0 cm³/mol. The highest BCUT2D eigenvalue weighted by atomic mass is 16.7. The second-order valence-electron chi connectivity index (χ2n) is 7.10. The Labute approximate surface area is 144 Å². The van der Waals surface area contributed by atoms with Crippen LogP contribution in [0, 0.1) is 13.8 Å². The van der Waals surface area contributed by atoms with E-state index in [1.165, 1.54) is 0 Å². The third-order valence-corrected chi connectivity index (χ3v) is 4.26. The molecule has 2 rings (SSSR count). The first-order valence-electron chi connectivity index (χ1n) is 8.18. The van der Waals surface area contributed by atoms with E-state index < -0.39 is 17.4 Å². The molecule has 0 aliphatic carbocycles. The van der Waals surface area contributed by atoms with Gasteiger partial charge in [-0.2, -0.15) is 0 Å². The summed E-state index contributed by atoms with van der Waals surface area (Å²) in [5.74, 6) is 0. The summed E-state index contributed by atoms with van der Waals surface area (Å²) in [5, 5.41) is 0. The van der Waals surface area contributed by atoms with Crippen molar-refractivity contribution >= 4 is 6.16 Å². The molecule has 0 aliphatic heterocycles. The van der Waals surface area contributed by atoms with Gasteiger partial charge in [-0.25, -0.2) is 4.79 Å². The van der Waals surface area contributed by atoms with E-state index in [0.717, 1.165) is 22.3 Å². The second-order valence-corrected chi connectivity index (χ2v) is 7.10. The fourth-order valence-electron chi connectivity index (χ4n) is 3.04. The molecule has 0 N–H and O–H groups in total. The maximum Gasteiger partial charge on any atom is 0.510 e. The minimum Gasteiger partial charge on any atom is -0.423 e. The normalized spacial score (nSPS) is 11.9. The Morgan fingerprint density at radius 1 is 0.708 bits per heavy atom. The Morgan fingerprint density at radius 2 is 1.04 bits per heavy atom. The average Bonchev–Trinajstić information content (AvgIpc) is 2.46. The highest BCUT2D eigenvalue weighted by Gasteiger charge is 2.32. The lowest BCUT2D eigenvalue weighted by Crippen LogP contribution is -2.32. The number of aryl methyl sites for hydroxylation is 2. The van der Waals surface area contributed by atoms with Crippen LogP contribution in [0.4, 0.5) is 4.79 Å². The fraction of sp³-hybridized carbons (Fsp3) is 0.381. The average molecular weight is 326 g/mol. The fourth-order valence-corrected chi connectivity index (χ4v) is 3.04. The zero-order chi connectivity index (χ0) is 18.0. The van der Waals surface area contributed by atoms with Crippen LogP contribution in [0.2, 0.25) is 0 Å². The van der Waals surface area contributed by atoms with Crippen LogP contribution in [0.1, 0.15) is 49.9 Å². The lowest BCUT2D eigenvalue weighted by Gasteiger charge is -2.31. The smallest absolute Gasteiger partial charge is 0.423 e. The van der Waals surface area contributed by atoms with Gasteiger partial charge in [0.1, 0.15) is 11.2 Å². The quantitative estimate of drug-likeness (QED) is 0.683. The molecule has 0 heterocycles. The third kappa shape index (κ3) is 3.97. The van der Waals surface area contributed by atoms with Crippen LogP contribution in [0.5, 0.6) is 0 Å². The molecule has 0 atom stereocenters. The van der Waals surface area contributed by atoms with Crippen LogP contribution in [0.25, 0.3) is 0 Å². The summed E-state index contributed by atoms with van der Waals surface area (Å²) in [7, 11) is 0. The SMILES string of the molecule is Cc1ccccc1C(C)(C)OC(=O)OC(C)(C)c1ccccc1C. The Kier molecular flexibility index (Phi) is 5.02. The van der Waals surface area contributed by atoms with E-state index in [4.69, 9.17) is 9.47 Å². The first-order valence-corrected chi connectivity index (χ1v) is 8.18. The molecule has 3 nitrogen and oxygen atoms in total. The number of carbonyl (C=O) groups is 1. The van der Waals surface area contributed by atoms with Gasteiger partial charge in [0.25, 0.3) is 0 Å². The zero-order valence-corrected chi connectivity index (χ0v) is 15.3. The summed E-state index contributed by atoms with van der Waals surface area (Å²) in [6, 6.07) is 15.8. The molecule has 2 aromatic rings. The number of carbonyl (C=O) groups excluding carboxylic acids is 1. The van der Waals surface area contributed by atoms with E-state index in [1.807, 2.05) is 90.1 Å². The first-order chi connectivity index (χ1) is 11.1. The molecule has 0 unspecified atom stereocenters. The monoisotopic (exact) mass is 326 g/mol. The van der Waals surface area contributed by atoms with Crippen LogP contribution in [-0.2, 0) is 20.7 Å². The molecule has 0 fully saturated rings. The van der Waals surface area contributed by atoms with Gasteiger partial charge in [0, 0.05) is 0 Å². The first kappa shape index (κ1) is 18.1. The Bertz CT molecular complexity index is 668. The Morgan fingerprint density at radius 3 is 1.38 bits per heavy atom. The molecule has 3 heteroatoms. The van der Waals surface area contributed by atoms with Gasteiger partial charge in [-0.05, 0) is 63.8 Å². The van der Waals surface area contributed by atoms with Crippen LogP contribution in [0.3, 0.4) is 0 Å². The second kappa shape index (κ2) is 6.68. The van der Waals surface area contributed by atoms with Crippen molar-refractivity contribution < 1.29 is 14.3 Å². The molecule has 0 bridgehead atoms. The van der Waals surface area contributed by atoms with Crippen molar-refractivity contribution in [2.24, 2.45) is 0 Å². The van der Waals surface area contributed by atoms with Crippen molar-refractivity contribution in [1.29, 1.82) is 0 Å². The summed E-state index contributed by atoms with van der Waals surface area (Å²) >= 11 is 0. The van der Waals surface area contributed by atoms with Crippen molar-refractivity contribution in [1.82, 2.24) is 0 Å². The number of rotatable bonds is 4. The van der Waals surface area contributed by atoms with Crippen molar-refractivity contribution in [2.75, 3.05) is 0 Å². The lowest BCUT2D eigenvalue weighted by atomic mass is 9.93. The Balaban J connectivity index is 2.15. The van der Waals surface area contributed by atoms with Gasteiger partial charge in [0.2, 0.25) is 0 Å². The molecule has 0 aromatic heterocycles. The zero-order valence-electron chi connectivity index (χ0n) is 15.3. The number of hydrogen-bond acceptors (Lipinski definition) is 3. The van der Waals surface area contributed by atoms with Crippen molar-refractivity contribution in [3.05, 3.63) is 70.8 Å². The molecule has 0 spiro atoms. The summed E-state index contributed by atoms with van der Waals surface area (Å²) in [6.45, 7) is 11.5. The summed E-state index contributed by atoms with van der Waals surface area (Å²) in [4.78, 5) is 12.4. The van der Waals surface area contributed by atoms with E-state index in [2.05, 4.69) is 0 Å².